The van der Waals surface area contributed by atoms with Gasteiger partial charge in [0.1, 0.15) is 11.6 Å². The molecule has 0 spiro atoms. The van der Waals surface area contributed by atoms with Gasteiger partial charge in [-0.15, -0.1) is 0 Å². The fraction of sp³-hybridized carbons (Fsp3) is 0.393. The van der Waals surface area contributed by atoms with Crippen molar-refractivity contribution < 1.29 is 13.2 Å². The van der Waals surface area contributed by atoms with Crippen molar-refractivity contribution in [1.82, 2.24) is 14.7 Å². The summed E-state index contributed by atoms with van der Waals surface area (Å²) in [6.45, 7) is 8.71. The zero-order chi connectivity index (χ0) is 26.2. The summed E-state index contributed by atoms with van der Waals surface area (Å²) in [7, 11) is -4.19. The molecule has 2 aliphatic heterocycles. The van der Waals surface area contributed by atoms with Gasteiger partial charge in [0, 0.05) is 37.3 Å². The molecule has 1 amide bonds. The molecular weight excluding hydrogens is 486 g/mol. The normalized spacial score (nSPS) is 21.3. The predicted octanol–water partition coefficient (Wildman–Crippen LogP) is 4.21. The Morgan fingerprint density at radius 1 is 1.00 bits per heavy atom. The van der Waals surface area contributed by atoms with Crippen LogP contribution < -0.4 is 14.5 Å². The number of amides is 1. The second kappa shape index (κ2) is 9.78. The molecule has 9 heteroatoms. The van der Waals surface area contributed by atoms with Gasteiger partial charge >= 0.3 is 0 Å². The van der Waals surface area contributed by atoms with E-state index in [9.17, 15) is 13.2 Å². The fourth-order valence-electron chi connectivity index (χ4n) is 5.32. The molecule has 2 unspecified atom stereocenters. The number of pyridine rings is 2. The lowest BCUT2D eigenvalue weighted by Gasteiger charge is -2.36. The number of rotatable bonds is 6. The van der Waals surface area contributed by atoms with E-state index in [1.54, 1.807) is 24.4 Å². The molecule has 4 heterocycles. The van der Waals surface area contributed by atoms with Crippen molar-refractivity contribution in [1.29, 1.82) is 0 Å². The van der Waals surface area contributed by atoms with E-state index in [4.69, 9.17) is 0 Å². The zero-order valence-electron chi connectivity index (χ0n) is 21.5. The number of carbonyl (C=O) groups is 1. The smallest absolute Gasteiger partial charge is 0.281 e. The summed E-state index contributed by atoms with van der Waals surface area (Å²) < 4.78 is 28.7. The molecule has 2 fully saturated rings. The standard InChI is InChI=1S/C28H33N5O3S/c1-20-14-18-33(28(20,2)3)26-23(11-8-16-29-26)27(34)31-37(35,36)25-13-7-12-24(30-25)32-17-15-22(19-32)21-9-5-4-6-10-21/h4-13,16,20,22H,14-15,17-19H2,1-3H3,(H,31,34). The van der Waals surface area contributed by atoms with Crippen LogP contribution in [0.4, 0.5) is 11.6 Å². The van der Waals surface area contributed by atoms with Crippen LogP contribution in [0.25, 0.3) is 0 Å². The largest absolute Gasteiger partial charge is 0.356 e. The Labute approximate surface area is 218 Å². The summed E-state index contributed by atoms with van der Waals surface area (Å²) >= 11 is 0. The summed E-state index contributed by atoms with van der Waals surface area (Å²) in [5, 5.41) is -0.179. The van der Waals surface area contributed by atoms with E-state index in [1.165, 1.54) is 11.6 Å². The molecule has 2 atom stereocenters. The van der Waals surface area contributed by atoms with Gasteiger partial charge in [0.2, 0.25) is 0 Å². The molecule has 1 aromatic carbocycles. The molecule has 2 saturated heterocycles. The number of nitrogens with zero attached hydrogens (tertiary/aromatic N) is 4. The quantitative estimate of drug-likeness (QED) is 0.521. The highest BCUT2D eigenvalue weighted by molar-refractivity contribution is 7.90. The Bertz CT molecular complexity index is 1390. The Kier molecular flexibility index (Phi) is 6.66. The average molecular weight is 520 g/mol. The number of hydrogen-bond acceptors (Lipinski definition) is 7. The number of benzene rings is 1. The number of sulfonamides is 1. The third kappa shape index (κ3) is 4.92. The van der Waals surface area contributed by atoms with E-state index in [-0.39, 0.29) is 16.1 Å². The van der Waals surface area contributed by atoms with Crippen LogP contribution in [0.1, 0.15) is 55.5 Å². The summed E-state index contributed by atoms with van der Waals surface area (Å²) in [6, 6.07) is 18.5. The maximum Gasteiger partial charge on any atom is 0.281 e. The first-order chi connectivity index (χ1) is 17.7. The number of nitrogens with one attached hydrogen (secondary N) is 1. The predicted molar refractivity (Wildman–Crippen MR) is 144 cm³/mol. The lowest BCUT2D eigenvalue weighted by atomic mass is 9.90. The van der Waals surface area contributed by atoms with Crippen molar-refractivity contribution in [3.05, 3.63) is 78.0 Å². The van der Waals surface area contributed by atoms with Gasteiger partial charge in [-0.3, -0.25) is 4.79 Å². The molecule has 0 saturated carbocycles. The third-order valence-electron chi connectivity index (χ3n) is 7.97. The van der Waals surface area contributed by atoms with E-state index in [0.717, 1.165) is 32.5 Å². The summed E-state index contributed by atoms with van der Waals surface area (Å²) in [6.07, 6.45) is 3.57. The van der Waals surface area contributed by atoms with Crippen molar-refractivity contribution >= 4 is 27.6 Å². The van der Waals surface area contributed by atoms with Crippen LogP contribution in [0.5, 0.6) is 0 Å². The van der Waals surface area contributed by atoms with Crippen LogP contribution in [-0.4, -0.2) is 49.5 Å². The van der Waals surface area contributed by atoms with E-state index in [2.05, 4.69) is 57.4 Å². The van der Waals surface area contributed by atoms with Gasteiger partial charge in [0.05, 0.1) is 5.56 Å². The highest BCUT2D eigenvalue weighted by atomic mass is 32.2. The third-order valence-corrected chi connectivity index (χ3v) is 9.20. The van der Waals surface area contributed by atoms with Crippen LogP contribution in [0, 0.1) is 5.92 Å². The first-order valence-corrected chi connectivity index (χ1v) is 14.2. The van der Waals surface area contributed by atoms with Crippen molar-refractivity contribution in [2.45, 2.75) is 50.1 Å². The highest BCUT2D eigenvalue weighted by Crippen LogP contribution is 2.38. The van der Waals surface area contributed by atoms with Crippen molar-refractivity contribution in [2.24, 2.45) is 5.92 Å². The molecular formula is C28H33N5O3S. The van der Waals surface area contributed by atoms with Crippen LogP contribution in [0.2, 0.25) is 0 Å². The monoisotopic (exact) mass is 519 g/mol. The molecule has 5 rings (SSSR count). The SMILES string of the molecule is CC1CCN(c2ncccc2C(=O)NS(=O)(=O)c2cccc(N3CCC(c4ccccc4)C3)n2)C1(C)C. The van der Waals surface area contributed by atoms with Gasteiger partial charge in [-0.1, -0.05) is 43.3 Å². The van der Waals surface area contributed by atoms with Crippen LogP contribution in [0.3, 0.4) is 0 Å². The Morgan fingerprint density at radius 3 is 2.51 bits per heavy atom. The molecule has 2 aromatic heterocycles. The first kappa shape index (κ1) is 25.2. The number of hydrogen-bond donors (Lipinski definition) is 1. The Morgan fingerprint density at radius 2 is 1.78 bits per heavy atom. The summed E-state index contributed by atoms with van der Waals surface area (Å²) in [4.78, 5) is 26.3. The Hall–Kier alpha value is -3.46. The van der Waals surface area contributed by atoms with Crippen LogP contribution in [0.15, 0.2) is 71.9 Å². The number of carbonyl (C=O) groups excluding carboxylic acids is 1. The minimum Gasteiger partial charge on any atom is -0.356 e. The highest BCUT2D eigenvalue weighted by Gasteiger charge is 2.40. The maximum atomic E-state index is 13.2. The molecule has 0 aliphatic carbocycles. The van der Waals surface area contributed by atoms with Gasteiger partial charge in [-0.25, -0.2) is 14.7 Å². The average Bonchev–Trinajstić information content (AvgIpc) is 3.49. The Balaban J connectivity index is 1.35. The lowest BCUT2D eigenvalue weighted by molar-refractivity contribution is 0.0981. The maximum absolute atomic E-state index is 13.2. The minimum absolute atomic E-state index is 0.179. The summed E-state index contributed by atoms with van der Waals surface area (Å²) in [5.74, 6) is 1.15. The summed E-state index contributed by atoms with van der Waals surface area (Å²) in [5.41, 5.74) is 1.30. The minimum atomic E-state index is -4.19. The topological polar surface area (TPSA) is 95.5 Å². The van der Waals surface area contributed by atoms with E-state index in [1.807, 2.05) is 24.3 Å². The van der Waals surface area contributed by atoms with Crippen LogP contribution in [-0.2, 0) is 10.0 Å². The van der Waals surface area contributed by atoms with Crippen LogP contribution >= 0.6 is 0 Å². The molecule has 0 radical (unpaired) electrons. The van der Waals surface area contributed by atoms with Crippen molar-refractivity contribution in [3.63, 3.8) is 0 Å². The molecule has 2 aliphatic rings. The van der Waals surface area contributed by atoms with Gasteiger partial charge in [-0.05, 0) is 62.4 Å². The van der Waals surface area contributed by atoms with Gasteiger partial charge in [-0.2, -0.15) is 8.42 Å². The van der Waals surface area contributed by atoms with E-state index >= 15 is 0 Å². The molecule has 37 heavy (non-hydrogen) atoms. The van der Waals surface area contributed by atoms with Crippen molar-refractivity contribution in [3.8, 4) is 0 Å². The zero-order valence-corrected chi connectivity index (χ0v) is 22.3. The molecule has 194 valence electrons. The first-order valence-electron chi connectivity index (χ1n) is 12.7. The van der Waals surface area contributed by atoms with E-state index in [0.29, 0.717) is 23.5 Å². The number of aromatic nitrogens is 2. The second-order valence-electron chi connectivity index (χ2n) is 10.5. The molecule has 8 nitrogen and oxygen atoms in total. The van der Waals surface area contributed by atoms with Gasteiger partial charge < -0.3 is 9.80 Å². The lowest BCUT2D eigenvalue weighted by Crippen LogP contribution is -2.43. The molecule has 1 N–H and O–H groups in total. The van der Waals surface area contributed by atoms with Gasteiger partial charge in [0.25, 0.3) is 15.9 Å². The molecule has 0 bridgehead atoms. The fourth-order valence-corrected chi connectivity index (χ4v) is 6.25. The second-order valence-corrected chi connectivity index (χ2v) is 12.1. The molecule has 3 aromatic rings. The van der Waals surface area contributed by atoms with E-state index < -0.39 is 15.9 Å². The van der Waals surface area contributed by atoms with Gasteiger partial charge in [0.15, 0.2) is 5.03 Å². The number of anilines is 2. The van der Waals surface area contributed by atoms with Crippen molar-refractivity contribution in [2.75, 3.05) is 29.4 Å².